The number of halogens is 2. The zero-order valence-corrected chi connectivity index (χ0v) is 12.0. The van der Waals surface area contributed by atoms with Crippen molar-refractivity contribution in [2.24, 2.45) is 0 Å². The second-order valence-electron chi connectivity index (χ2n) is 5.05. The van der Waals surface area contributed by atoms with Gasteiger partial charge < -0.3 is 10.4 Å². The largest absolute Gasteiger partial charge is 0.387 e. The normalized spacial score (nSPS) is 20.0. The predicted molar refractivity (Wildman–Crippen MR) is 76.3 cm³/mol. The Hall–Kier alpha value is -0.280. The Bertz CT molecular complexity index is 405. The zero-order chi connectivity index (χ0) is 13.1. The molecule has 0 saturated heterocycles. The maximum Gasteiger partial charge on any atom is 0.0954 e. The van der Waals surface area contributed by atoms with E-state index in [1.165, 1.54) is 25.7 Å². The average molecular weight is 288 g/mol. The van der Waals surface area contributed by atoms with Gasteiger partial charge in [0.1, 0.15) is 0 Å². The third-order valence-corrected chi connectivity index (χ3v) is 4.17. The topological polar surface area (TPSA) is 32.3 Å². The molecule has 0 amide bonds. The molecule has 1 fully saturated rings. The summed E-state index contributed by atoms with van der Waals surface area (Å²) in [6.07, 6.45) is 4.36. The second-order valence-corrected chi connectivity index (χ2v) is 5.89. The molecular weight excluding hydrogens is 269 g/mol. The summed E-state index contributed by atoms with van der Waals surface area (Å²) in [4.78, 5) is 0. The Balaban J connectivity index is 2.02. The van der Waals surface area contributed by atoms with Crippen molar-refractivity contribution in [3.05, 3.63) is 33.8 Å². The molecule has 100 valence electrons. The molecule has 0 spiro atoms. The first-order valence-electron chi connectivity index (χ1n) is 6.47. The highest BCUT2D eigenvalue weighted by atomic mass is 35.5. The van der Waals surface area contributed by atoms with Crippen LogP contribution in [0, 0.1) is 0 Å². The molecule has 1 saturated carbocycles. The Morgan fingerprint density at radius 2 is 1.94 bits per heavy atom. The Kier molecular flexibility index (Phi) is 4.91. The Morgan fingerprint density at radius 1 is 1.28 bits per heavy atom. The number of aliphatic hydroxyl groups excluding tert-OH is 1. The molecule has 1 aromatic rings. The molecule has 1 aliphatic carbocycles. The fraction of sp³-hybridized carbons (Fsp3) is 0.571. The lowest BCUT2D eigenvalue weighted by molar-refractivity contribution is 0.129. The molecule has 2 unspecified atom stereocenters. The van der Waals surface area contributed by atoms with Gasteiger partial charge in [0.15, 0.2) is 0 Å². The van der Waals surface area contributed by atoms with Crippen molar-refractivity contribution in [2.75, 3.05) is 0 Å². The van der Waals surface area contributed by atoms with Gasteiger partial charge in [-0.25, -0.2) is 0 Å². The second kappa shape index (κ2) is 6.25. The Labute approximate surface area is 118 Å². The van der Waals surface area contributed by atoms with Crippen molar-refractivity contribution in [2.45, 2.75) is 50.8 Å². The number of hydrogen-bond donors (Lipinski definition) is 2. The summed E-state index contributed by atoms with van der Waals surface area (Å²) in [5.74, 6) is 0. The van der Waals surface area contributed by atoms with Crippen LogP contribution in [-0.2, 0) is 0 Å². The van der Waals surface area contributed by atoms with E-state index in [4.69, 9.17) is 23.2 Å². The lowest BCUT2D eigenvalue weighted by atomic mass is 10.0. The molecule has 1 aromatic carbocycles. The molecule has 18 heavy (non-hydrogen) atoms. The summed E-state index contributed by atoms with van der Waals surface area (Å²) >= 11 is 12.0. The molecule has 2 nitrogen and oxygen atoms in total. The van der Waals surface area contributed by atoms with Gasteiger partial charge >= 0.3 is 0 Å². The van der Waals surface area contributed by atoms with E-state index in [-0.39, 0.29) is 6.04 Å². The van der Waals surface area contributed by atoms with Gasteiger partial charge in [0.05, 0.1) is 6.10 Å². The van der Waals surface area contributed by atoms with Crippen LogP contribution in [0.4, 0.5) is 0 Å². The molecule has 0 heterocycles. The van der Waals surface area contributed by atoms with E-state index in [9.17, 15) is 5.11 Å². The first-order valence-corrected chi connectivity index (χ1v) is 7.22. The molecule has 0 aliphatic heterocycles. The summed E-state index contributed by atoms with van der Waals surface area (Å²) in [7, 11) is 0. The van der Waals surface area contributed by atoms with Gasteiger partial charge in [-0.15, -0.1) is 0 Å². The Morgan fingerprint density at radius 3 is 2.56 bits per heavy atom. The van der Waals surface area contributed by atoms with Gasteiger partial charge in [0.25, 0.3) is 0 Å². The molecule has 2 atom stereocenters. The molecule has 2 N–H and O–H groups in total. The van der Waals surface area contributed by atoms with Crippen molar-refractivity contribution in [1.29, 1.82) is 0 Å². The minimum absolute atomic E-state index is 0.00762. The predicted octanol–water partition coefficient (Wildman–Crippen LogP) is 3.95. The lowest BCUT2D eigenvalue weighted by Crippen LogP contribution is -2.38. The van der Waals surface area contributed by atoms with E-state index in [0.29, 0.717) is 16.1 Å². The smallest absolute Gasteiger partial charge is 0.0954 e. The number of benzene rings is 1. The minimum atomic E-state index is -0.602. The first-order chi connectivity index (χ1) is 8.58. The molecule has 0 radical (unpaired) electrons. The molecule has 4 heteroatoms. The van der Waals surface area contributed by atoms with Gasteiger partial charge in [-0.2, -0.15) is 0 Å². The van der Waals surface area contributed by atoms with Crippen LogP contribution < -0.4 is 5.32 Å². The summed E-state index contributed by atoms with van der Waals surface area (Å²) in [6.45, 7) is 1.99. The molecule has 1 aliphatic rings. The average Bonchev–Trinajstić information content (AvgIpc) is 2.81. The van der Waals surface area contributed by atoms with Crippen molar-refractivity contribution in [3.8, 4) is 0 Å². The number of hydrogen-bond acceptors (Lipinski definition) is 2. The first kappa shape index (κ1) is 14.1. The van der Waals surface area contributed by atoms with Crippen LogP contribution >= 0.6 is 23.2 Å². The number of rotatable bonds is 4. The van der Waals surface area contributed by atoms with Crippen LogP contribution in [0.25, 0.3) is 0 Å². The van der Waals surface area contributed by atoms with E-state index in [2.05, 4.69) is 5.32 Å². The highest BCUT2D eigenvalue weighted by molar-refractivity contribution is 6.35. The monoisotopic (exact) mass is 287 g/mol. The van der Waals surface area contributed by atoms with Crippen LogP contribution in [0.1, 0.15) is 44.3 Å². The van der Waals surface area contributed by atoms with Crippen LogP contribution in [-0.4, -0.2) is 17.2 Å². The molecule has 2 rings (SSSR count). The summed E-state index contributed by atoms with van der Waals surface area (Å²) in [5.41, 5.74) is 0.735. The van der Waals surface area contributed by atoms with Crippen molar-refractivity contribution in [3.63, 3.8) is 0 Å². The van der Waals surface area contributed by atoms with Crippen molar-refractivity contribution in [1.82, 2.24) is 5.32 Å². The lowest BCUT2D eigenvalue weighted by Gasteiger charge is -2.25. The van der Waals surface area contributed by atoms with E-state index in [1.54, 1.807) is 18.2 Å². The van der Waals surface area contributed by atoms with Gasteiger partial charge in [0.2, 0.25) is 0 Å². The van der Waals surface area contributed by atoms with Crippen LogP contribution in [0.15, 0.2) is 18.2 Å². The van der Waals surface area contributed by atoms with E-state index in [1.807, 2.05) is 6.92 Å². The number of aliphatic hydroxyl groups is 1. The summed E-state index contributed by atoms with van der Waals surface area (Å²) < 4.78 is 0. The fourth-order valence-corrected chi connectivity index (χ4v) is 3.09. The maximum absolute atomic E-state index is 10.3. The van der Waals surface area contributed by atoms with Gasteiger partial charge in [-0.3, -0.25) is 0 Å². The van der Waals surface area contributed by atoms with Gasteiger partial charge in [0, 0.05) is 27.7 Å². The highest BCUT2D eigenvalue weighted by Gasteiger charge is 2.23. The standard InChI is InChI=1S/C14H19Cl2NO/c1-9(17-11-4-2-3-5-11)14(18)12-7-6-10(15)8-13(12)16/h6-9,11,14,17-18H,2-5H2,1H3. The van der Waals surface area contributed by atoms with Crippen LogP contribution in [0.5, 0.6) is 0 Å². The fourth-order valence-electron chi connectivity index (χ4n) is 2.57. The van der Waals surface area contributed by atoms with E-state index in [0.717, 1.165) is 5.56 Å². The molecular formula is C14H19Cl2NO. The maximum atomic E-state index is 10.3. The minimum Gasteiger partial charge on any atom is -0.387 e. The summed E-state index contributed by atoms with van der Waals surface area (Å²) in [6, 6.07) is 5.74. The SMILES string of the molecule is CC(NC1CCCC1)C(O)c1ccc(Cl)cc1Cl. The van der Waals surface area contributed by atoms with Gasteiger partial charge in [-0.05, 0) is 31.9 Å². The van der Waals surface area contributed by atoms with Crippen LogP contribution in [0.3, 0.4) is 0 Å². The zero-order valence-electron chi connectivity index (χ0n) is 10.5. The number of nitrogens with one attached hydrogen (secondary N) is 1. The molecule has 0 bridgehead atoms. The summed E-state index contributed by atoms with van der Waals surface area (Å²) in [5, 5.41) is 14.9. The highest BCUT2D eigenvalue weighted by Crippen LogP contribution is 2.29. The van der Waals surface area contributed by atoms with E-state index >= 15 is 0 Å². The third kappa shape index (κ3) is 3.39. The van der Waals surface area contributed by atoms with E-state index < -0.39 is 6.10 Å². The van der Waals surface area contributed by atoms with Crippen molar-refractivity contribution >= 4 is 23.2 Å². The van der Waals surface area contributed by atoms with Gasteiger partial charge in [-0.1, -0.05) is 42.1 Å². The molecule has 0 aromatic heterocycles. The third-order valence-electron chi connectivity index (χ3n) is 3.61. The van der Waals surface area contributed by atoms with Crippen LogP contribution in [0.2, 0.25) is 10.0 Å². The van der Waals surface area contributed by atoms with Crippen molar-refractivity contribution < 1.29 is 5.11 Å². The quantitative estimate of drug-likeness (QED) is 0.879.